The zero-order valence-electron chi connectivity index (χ0n) is 15.5. The lowest BCUT2D eigenvalue weighted by Gasteiger charge is -2.32. The van der Waals surface area contributed by atoms with Gasteiger partial charge in [0.05, 0.1) is 28.4 Å². The molecule has 1 aliphatic heterocycles. The zero-order chi connectivity index (χ0) is 19.8. The Morgan fingerprint density at radius 2 is 1.77 bits per heavy atom. The summed E-state index contributed by atoms with van der Waals surface area (Å²) in [7, 11) is 1.04. The maximum absolute atomic E-state index is 13.1. The number of nitrogens with zero attached hydrogens (tertiary/aromatic N) is 1. The van der Waals surface area contributed by atoms with Crippen LogP contribution >= 0.6 is 0 Å². The van der Waals surface area contributed by atoms with Crippen molar-refractivity contribution in [3.63, 3.8) is 0 Å². The van der Waals surface area contributed by atoms with Crippen LogP contribution in [0.3, 0.4) is 0 Å². The molecule has 140 valence electrons. The second-order valence-corrected chi connectivity index (χ2v) is 7.29. The molecule has 1 aromatic rings. The second-order valence-electron chi connectivity index (χ2n) is 7.29. The maximum atomic E-state index is 13.1. The first kappa shape index (κ1) is 20.5. The van der Waals surface area contributed by atoms with Crippen LogP contribution in [0, 0.1) is 11.3 Å². The van der Waals surface area contributed by atoms with Crippen LogP contribution < -0.4 is 5.32 Å². The lowest BCUT2D eigenvalue weighted by atomic mass is 9.77. The predicted octanol–water partition coefficient (Wildman–Crippen LogP) is 3.81. The van der Waals surface area contributed by atoms with Gasteiger partial charge in [0.15, 0.2) is 0 Å². The Morgan fingerprint density at radius 3 is 2.23 bits per heavy atom. The van der Waals surface area contributed by atoms with E-state index in [0.717, 1.165) is 12.1 Å². The number of benzene rings is 1. The number of likely N-dealkylation sites (N-methyl/N-ethyl adjacent to an activating group) is 1. The molecule has 1 fully saturated rings. The molecule has 26 heavy (non-hydrogen) atoms. The van der Waals surface area contributed by atoms with Crippen molar-refractivity contribution in [2.75, 3.05) is 13.6 Å². The topological polar surface area (TPSA) is 54.3 Å². The minimum absolute atomic E-state index is 0.0520. The summed E-state index contributed by atoms with van der Waals surface area (Å²) in [6, 6.07) is 5.04. The van der Waals surface area contributed by atoms with E-state index < -0.39 is 30.1 Å². The van der Waals surface area contributed by atoms with Gasteiger partial charge in [-0.15, -0.1) is 0 Å². The summed E-state index contributed by atoms with van der Waals surface area (Å²) in [5, 5.41) is 12.0. The third-order valence-electron chi connectivity index (χ3n) is 4.70. The molecule has 0 aliphatic carbocycles. The zero-order valence-corrected chi connectivity index (χ0v) is 15.5. The first-order valence-electron chi connectivity index (χ1n) is 8.23. The standard InChI is InChI=1S/C18H22BF3N2O2/c1-16(2)17(3,4)26-19(25-16)15(11-24-5)9-12-6-13(10-23)8-14(7-12)18(20,21)22/h6-9,24H,11H2,1-5H3. The molecular weight excluding hydrogens is 344 g/mol. The van der Waals surface area contributed by atoms with E-state index in [0.29, 0.717) is 12.0 Å². The number of nitriles is 1. The van der Waals surface area contributed by atoms with Crippen LogP contribution in [-0.4, -0.2) is 31.9 Å². The molecular formula is C18H22BF3N2O2. The lowest BCUT2D eigenvalue weighted by Crippen LogP contribution is -2.41. The van der Waals surface area contributed by atoms with Crippen LogP contribution in [0.25, 0.3) is 6.08 Å². The molecule has 0 bridgehead atoms. The molecule has 1 N–H and O–H groups in total. The minimum atomic E-state index is -4.52. The molecule has 8 heteroatoms. The molecule has 1 aromatic carbocycles. The average molecular weight is 366 g/mol. The highest BCUT2D eigenvalue weighted by Crippen LogP contribution is 2.39. The minimum Gasteiger partial charge on any atom is -0.400 e. The van der Waals surface area contributed by atoms with E-state index in [2.05, 4.69) is 5.32 Å². The van der Waals surface area contributed by atoms with Crippen LogP contribution in [-0.2, 0) is 15.5 Å². The summed E-state index contributed by atoms with van der Waals surface area (Å²) in [5.41, 5.74) is -1.11. The fraction of sp³-hybridized carbons (Fsp3) is 0.500. The molecule has 1 heterocycles. The summed E-state index contributed by atoms with van der Waals surface area (Å²) in [4.78, 5) is 0. The van der Waals surface area contributed by atoms with Gasteiger partial charge in [0.1, 0.15) is 0 Å². The quantitative estimate of drug-likeness (QED) is 0.824. The average Bonchev–Trinajstić information content (AvgIpc) is 2.74. The Labute approximate surface area is 152 Å². The smallest absolute Gasteiger partial charge is 0.400 e. The van der Waals surface area contributed by atoms with Gasteiger partial charge < -0.3 is 14.6 Å². The highest BCUT2D eigenvalue weighted by Gasteiger charge is 2.52. The molecule has 4 nitrogen and oxygen atoms in total. The Hall–Kier alpha value is -1.82. The molecule has 0 aromatic heterocycles. The molecule has 0 radical (unpaired) electrons. The van der Waals surface area contributed by atoms with E-state index in [9.17, 15) is 13.2 Å². The fourth-order valence-corrected chi connectivity index (χ4v) is 2.58. The fourth-order valence-electron chi connectivity index (χ4n) is 2.58. The van der Waals surface area contributed by atoms with Crippen molar-refractivity contribution in [3.8, 4) is 6.07 Å². The second kappa shape index (κ2) is 7.07. The molecule has 1 saturated heterocycles. The summed E-state index contributed by atoms with van der Waals surface area (Å²) in [6.07, 6.45) is -2.95. The number of hydrogen-bond acceptors (Lipinski definition) is 4. The molecule has 0 saturated carbocycles. The molecule has 1 aliphatic rings. The third kappa shape index (κ3) is 4.29. The number of rotatable bonds is 4. The van der Waals surface area contributed by atoms with Crippen LogP contribution in [0.4, 0.5) is 13.2 Å². The first-order valence-corrected chi connectivity index (χ1v) is 8.23. The number of nitrogens with one attached hydrogen (secondary N) is 1. The summed E-state index contributed by atoms with van der Waals surface area (Å²) < 4.78 is 51.2. The van der Waals surface area contributed by atoms with Gasteiger partial charge in [-0.1, -0.05) is 6.08 Å². The normalized spacial score (nSPS) is 19.5. The van der Waals surface area contributed by atoms with Crippen LogP contribution in [0.2, 0.25) is 0 Å². The van der Waals surface area contributed by atoms with E-state index in [1.54, 1.807) is 19.2 Å². The van der Waals surface area contributed by atoms with Crippen LogP contribution in [0.5, 0.6) is 0 Å². The van der Waals surface area contributed by atoms with E-state index in [1.807, 2.05) is 27.7 Å². The lowest BCUT2D eigenvalue weighted by molar-refractivity contribution is -0.137. The first-order chi connectivity index (χ1) is 11.9. The van der Waals surface area contributed by atoms with E-state index in [-0.39, 0.29) is 11.1 Å². The van der Waals surface area contributed by atoms with E-state index >= 15 is 0 Å². The number of halogens is 3. The van der Waals surface area contributed by atoms with E-state index in [4.69, 9.17) is 14.6 Å². The van der Waals surface area contributed by atoms with Crippen molar-refractivity contribution in [2.45, 2.75) is 45.1 Å². The monoisotopic (exact) mass is 366 g/mol. The molecule has 2 rings (SSSR count). The highest BCUT2D eigenvalue weighted by molar-refractivity contribution is 6.55. The third-order valence-corrected chi connectivity index (χ3v) is 4.70. The van der Waals surface area contributed by atoms with E-state index in [1.165, 1.54) is 6.07 Å². The maximum Gasteiger partial charge on any atom is 0.491 e. The largest absolute Gasteiger partial charge is 0.491 e. The van der Waals surface area contributed by atoms with Gasteiger partial charge in [0.25, 0.3) is 0 Å². The van der Waals surface area contributed by atoms with Gasteiger partial charge in [-0.3, -0.25) is 0 Å². The van der Waals surface area contributed by atoms with Crippen molar-refractivity contribution in [2.24, 2.45) is 0 Å². The van der Waals surface area contributed by atoms with Crippen molar-refractivity contribution in [3.05, 3.63) is 40.4 Å². The van der Waals surface area contributed by atoms with Gasteiger partial charge in [0, 0.05) is 6.54 Å². The predicted molar refractivity (Wildman–Crippen MR) is 94.1 cm³/mol. The molecule has 0 spiro atoms. The molecule has 0 amide bonds. The van der Waals surface area contributed by atoms with Crippen molar-refractivity contribution < 1.29 is 22.5 Å². The number of alkyl halides is 3. The molecule has 0 atom stereocenters. The Balaban J connectivity index is 2.46. The Bertz CT molecular complexity index is 736. The highest BCUT2D eigenvalue weighted by atomic mass is 19.4. The van der Waals surface area contributed by atoms with Crippen LogP contribution in [0.1, 0.15) is 44.4 Å². The van der Waals surface area contributed by atoms with Gasteiger partial charge in [-0.25, -0.2) is 0 Å². The SMILES string of the molecule is CNCC(=Cc1cc(C#N)cc(C(F)(F)F)c1)B1OC(C)(C)C(C)(C)O1. The van der Waals surface area contributed by atoms with Gasteiger partial charge >= 0.3 is 13.3 Å². The Morgan fingerprint density at radius 1 is 1.19 bits per heavy atom. The molecule has 0 unspecified atom stereocenters. The number of hydrogen-bond donors (Lipinski definition) is 1. The van der Waals surface area contributed by atoms with Crippen molar-refractivity contribution in [1.29, 1.82) is 5.26 Å². The van der Waals surface area contributed by atoms with Crippen molar-refractivity contribution >= 4 is 13.2 Å². The van der Waals surface area contributed by atoms with Gasteiger partial charge in [0.2, 0.25) is 0 Å². The summed E-state index contributed by atoms with van der Waals surface area (Å²) in [6.45, 7) is 7.99. The Kier molecular flexibility index (Phi) is 5.57. The van der Waals surface area contributed by atoms with Crippen molar-refractivity contribution in [1.82, 2.24) is 5.32 Å². The summed E-state index contributed by atoms with van der Waals surface area (Å²) in [5.74, 6) is 0. The van der Waals surface area contributed by atoms with Gasteiger partial charge in [-0.05, 0) is 64.0 Å². The van der Waals surface area contributed by atoms with Gasteiger partial charge in [-0.2, -0.15) is 18.4 Å². The van der Waals surface area contributed by atoms with Crippen LogP contribution in [0.15, 0.2) is 23.7 Å². The summed E-state index contributed by atoms with van der Waals surface area (Å²) >= 11 is 0.